The van der Waals surface area contributed by atoms with Gasteiger partial charge in [0.25, 0.3) is 0 Å². The van der Waals surface area contributed by atoms with Gasteiger partial charge >= 0.3 is 0 Å². The molecule has 0 spiro atoms. The second kappa shape index (κ2) is 7.37. The van der Waals surface area contributed by atoms with Crippen molar-refractivity contribution in [3.63, 3.8) is 0 Å². The van der Waals surface area contributed by atoms with E-state index < -0.39 is 11.4 Å². The molecule has 0 aliphatic heterocycles. The fourth-order valence-corrected chi connectivity index (χ4v) is 2.47. The van der Waals surface area contributed by atoms with Gasteiger partial charge in [0, 0.05) is 19.5 Å². The molecule has 4 N–H and O–H groups in total. The van der Waals surface area contributed by atoms with Gasteiger partial charge in [-0.05, 0) is 13.3 Å². The second-order valence-corrected chi connectivity index (χ2v) is 6.15. The Bertz CT molecular complexity index is 733. The number of anilines is 2. The Morgan fingerprint density at radius 2 is 2.17 bits per heavy atom. The molecule has 1 amide bonds. The predicted octanol–water partition coefficient (Wildman–Crippen LogP) is 2.24. The van der Waals surface area contributed by atoms with E-state index in [1.54, 1.807) is 0 Å². The summed E-state index contributed by atoms with van der Waals surface area (Å²) in [6.45, 7) is 5.99. The number of halogens is 1. The zero-order valence-electron chi connectivity index (χ0n) is 14.2. The Labute approximate surface area is 140 Å². The highest BCUT2D eigenvalue weighted by Gasteiger charge is 2.26. The lowest BCUT2D eigenvalue weighted by atomic mass is 9.94. The molecule has 0 fully saturated rings. The standard InChI is InChI=1S/C16H23FN6O/c1-4-5-6-16(3,9-20-10(2)24)23-14-13-12(21-15(18)22-14)7-11(17)8-19-13/h7-8H,4-6,9H2,1-3H3,(H,20,24)(H3,18,21,22,23). The van der Waals surface area contributed by atoms with Crippen LogP contribution < -0.4 is 16.4 Å². The maximum absolute atomic E-state index is 13.4. The van der Waals surface area contributed by atoms with Crippen LogP contribution in [0.1, 0.15) is 40.0 Å². The minimum atomic E-state index is -0.487. The number of nitrogens with two attached hydrogens (primary N) is 1. The molecule has 2 aromatic rings. The summed E-state index contributed by atoms with van der Waals surface area (Å²) in [5.41, 5.74) is 6.07. The van der Waals surface area contributed by atoms with Gasteiger partial charge in [0.1, 0.15) is 11.3 Å². The van der Waals surface area contributed by atoms with Crippen LogP contribution in [0.4, 0.5) is 16.2 Å². The smallest absolute Gasteiger partial charge is 0.222 e. The van der Waals surface area contributed by atoms with Crippen LogP contribution in [0.3, 0.4) is 0 Å². The molecule has 0 saturated heterocycles. The Morgan fingerprint density at radius 3 is 2.83 bits per heavy atom. The number of fused-ring (bicyclic) bond motifs is 1. The number of hydrogen-bond acceptors (Lipinski definition) is 6. The summed E-state index contributed by atoms with van der Waals surface area (Å²) < 4.78 is 13.4. The quantitative estimate of drug-likeness (QED) is 0.717. The minimum Gasteiger partial charge on any atom is -0.368 e. The Morgan fingerprint density at radius 1 is 1.42 bits per heavy atom. The first-order valence-corrected chi connectivity index (χ1v) is 7.94. The number of pyridine rings is 1. The summed E-state index contributed by atoms with van der Waals surface area (Å²) in [6, 6.07) is 1.27. The third kappa shape index (κ3) is 4.50. The van der Waals surface area contributed by atoms with Crippen LogP contribution in [0.2, 0.25) is 0 Å². The third-order valence-corrected chi connectivity index (χ3v) is 3.75. The molecule has 2 rings (SSSR count). The number of nitrogens with one attached hydrogen (secondary N) is 2. The first-order valence-electron chi connectivity index (χ1n) is 7.94. The topological polar surface area (TPSA) is 106 Å². The first kappa shape index (κ1) is 17.8. The van der Waals surface area contributed by atoms with Gasteiger partial charge in [0.2, 0.25) is 11.9 Å². The molecule has 7 nitrogen and oxygen atoms in total. The van der Waals surface area contributed by atoms with E-state index in [9.17, 15) is 9.18 Å². The largest absolute Gasteiger partial charge is 0.368 e. The SMILES string of the molecule is CCCCC(C)(CNC(C)=O)Nc1nc(N)nc2cc(F)cnc12. The molecule has 2 aromatic heterocycles. The van der Waals surface area contributed by atoms with Gasteiger partial charge in [-0.15, -0.1) is 0 Å². The molecular formula is C16H23FN6O. The highest BCUT2D eigenvalue weighted by Crippen LogP contribution is 2.25. The third-order valence-electron chi connectivity index (χ3n) is 3.75. The summed E-state index contributed by atoms with van der Waals surface area (Å²) >= 11 is 0. The van der Waals surface area contributed by atoms with Gasteiger partial charge in [0.05, 0.1) is 17.3 Å². The summed E-state index contributed by atoms with van der Waals surface area (Å²) in [4.78, 5) is 23.6. The van der Waals surface area contributed by atoms with E-state index >= 15 is 0 Å². The number of carbonyl (C=O) groups is 1. The Kier molecular flexibility index (Phi) is 5.48. The van der Waals surface area contributed by atoms with Gasteiger partial charge in [-0.25, -0.2) is 14.4 Å². The zero-order chi connectivity index (χ0) is 17.7. The molecule has 130 valence electrons. The van der Waals surface area contributed by atoms with Crippen LogP contribution >= 0.6 is 0 Å². The van der Waals surface area contributed by atoms with Crippen LogP contribution in [0, 0.1) is 5.82 Å². The van der Waals surface area contributed by atoms with Crippen LogP contribution in [-0.4, -0.2) is 32.9 Å². The van der Waals surface area contributed by atoms with E-state index in [1.165, 1.54) is 13.0 Å². The molecule has 8 heteroatoms. The average molecular weight is 334 g/mol. The predicted molar refractivity (Wildman–Crippen MR) is 91.9 cm³/mol. The maximum atomic E-state index is 13.4. The normalized spacial score (nSPS) is 13.5. The van der Waals surface area contributed by atoms with Gasteiger partial charge in [-0.1, -0.05) is 19.8 Å². The number of aromatic nitrogens is 3. The first-order chi connectivity index (χ1) is 11.3. The molecule has 0 radical (unpaired) electrons. The van der Waals surface area contributed by atoms with E-state index in [4.69, 9.17) is 5.73 Å². The zero-order valence-corrected chi connectivity index (χ0v) is 14.2. The van der Waals surface area contributed by atoms with Gasteiger partial charge in [0.15, 0.2) is 5.82 Å². The van der Waals surface area contributed by atoms with Crippen molar-refractivity contribution < 1.29 is 9.18 Å². The van der Waals surface area contributed by atoms with Crippen LogP contribution in [0.15, 0.2) is 12.3 Å². The number of rotatable bonds is 7. The number of carbonyl (C=O) groups excluding carboxylic acids is 1. The highest BCUT2D eigenvalue weighted by atomic mass is 19.1. The van der Waals surface area contributed by atoms with Gasteiger partial charge in [-0.3, -0.25) is 4.79 Å². The van der Waals surface area contributed by atoms with Crippen LogP contribution in [0.5, 0.6) is 0 Å². The summed E-state index contributed by atoms with van der Waals surface area (Å²) in [5, 5.41) is 6.15. The number of unbranched alkanes of at least 4 members (excludes halogenated alkanes) is 1. The molecule has 0 aliphatic rings. The van der Waals surface area contributed by atoms with E-state index in [0.29, 0.717) is 23.4 Å². The second-order valence-electron chi connectivity index (χ2n) is 6.15. The van der Waals surface area contributed by atoms with Crippen molar-refractivity contribution in [3.8, 4) is 0 Å². The van der Waals surface area contributed by atoms with E-state index in [-0.39, 0.29) is 11.9 Å². The van der Waals surface area contributed by atoms with Crippen molar-refractivity contribution in [2.24, 2.45) is 0 Å². The van der Waals surface area contributed by atoms with Crippen molar-refractivity contribution in [2.45, 2.75) is 45.6 Å². The Hall–Kier alpha value is -2.51. The van der Waals surface area contributed by atoms with Crippen molar-refractivity contribution in [2.75, 3.05) is 17.6 Å². The summed E-state index contributed by atoms with van der Waals surface area (Å²) in [5.74, 6) is -0.124. The lowest BCUT2D eigenvalue weighted by Crippen LogP contribution is -2.46. The molecule has 2 heterocycles. The van der Waals surface area contributed by atoms with Crippen LogP contribution in [-0.2, 0) is 4.79 Å². The van der Waals surface area contributed by atoms with Crippen molar-refractivity contribution in [3.05, 3.63) is 18.1 Å². The van der Waals surface area contributed by atoms with E-state index in [2.05, 4.69) is 32.5 Å². The fourth-order valence-electron chi connectivity index (χ4n) is 2.47. The maximum Gasteiger partial charge on any atom is 0.222 e. The van der Waals surface area contributed by atoms with Crippen LogP contribution in [0.25, 0.3) is 11.0 Å². The summed E-state index contributed by atoms with van der Waals surface area (Å²) in [6.07, 6.45) is 3.93. The van der Waals surface area contributed by atoms with E-state index in [0.717, 1.165) is 25.5 Å². The Balaban J connectivity index is 2.37. The molecule has 0 bridgehead atoms. The number of amides is 1. The average Bonchev–Trinajstić information content (AvgIpc) is 2.50. The van der Waals surface area contributed by atoms with E-state index in [1.807, 2.05) is 6.92 Å². The van der Waals surface area contributed by atoms with Gasteiger partial charge < -0.3 is 16.4 Å². The van der Waals surface area contributed by atoms with Gasteiger partial charge in [-0.2, -0.15) is 4.98 Å². The number of hydrogen-bond donors (Lipinski definition) is 3. The molecule has 0 aliphatic carbocycles. The molecule has 24 heavy (non-hydrogen) atoms. The molecule has 0 saturated carbocycles. The molecule has 1 unspecified atom stereocenters. The fraction of sp³-hybridized carbons (Fsp3) is 0.500. The summed E-state index contributed by atoms with van der Waals surface area (Å²) in [7, 11) is 0. The minimum absolute atomic E-state index is 0.0368. The van der Waals surface area contributed by atoms with Crippen molar-refractivity contribution >= 4 is 28.7 Å². The highest BCUT2D eigenvalue weighted by molar-refractivity contribution is 5.86. The van der Waals surface area contributed by atoms with Crippen molar-refractivity contribution in [1.82, 2.24) is 20.3 Å². The lowest BCUT2D eigenvalue weighted by Gasteiger charge is -2.32. The molecular weight excluding hydrogens is 311 g/mol. The van der Waals surface area contributed by atoms with Crippen molar-refractivity contribution in [1.29, 1.82) is 0 Å². The lowest BCUT2D eigenvalue weighted by molar-refractivity contribution is -0.119. The molecule has 1 atom stereocenters. The molecule has 0 aromatic carbocycles. The number of nitrogens with zero attached hydrogens (tertiary/aromatic N) is 3. The number of nitrogen functional groups attached to an aromatic ring is 1. The monoisotopic (exact) mass is 334 g/mol.